The topological polar surface area (TPSA) is 97.0 Å². The molecular weight excluding hydrogens is 389 g/mol. The minimum atomic E-state index is -0.743. The molecule has 0 saturated carbocycles. The normalized spacial score (nSPS) is 13.5. The summed E-state index contributed by atoms with van der Waals surface area (Å²) in [6.45, 7) is 3.49. The molecule has 3 heterocycles. The Bertz CT molecular complexity index is 1200. The number of furan rings is 1. The van der Waals surface area contributed by atoms with Crippen LogP contribution in [-0.4, -0.2) is 28.9 Å². The third-order valence-electron chi connectivity index (χ3n) is 4.54. The zero-order valence-electron chi connectivity index (χ0n) is 16.3. The maximum atomic E-state index is 13.4. The van der Waals surface area contributed by atoms with Gasteiger partial charge in [0, 0.05) is 29.2 Å². The quantitative estimate of drug-likeness (QED) is 0.578. The predicted octanol–water partition coefficient (Wildman–Crippen LogP) is 5.00. The van der Waals surface area contributed by atoms with E-state index in [-0.39, 0.29) is 35.4 Å². The maximum Gasteiger partial charge on any atom is 0.347 e. The second-order valence-electron chi connectivity index (χ2n) is 6.56. The van der Waals surface area contributed by atoms with E-state index in [4.69, 9.17) is 9.15 Å². The largest absolute Gasteiger partial charge is 0.504 e. The van der Waals surface area contributed by atoms with Gasteiger partial charge in [-0.1, -0.05) is 0 Å². The number of carbonyl (C=O) groups is 1. The molecule has 0 atom stereocenters. The van der Waals surface area contributed by atoms with Crippen molar-refractivity contribution in [1.82, 2.24) is 4.98 Å². The van der Waals surface area contributed by atoms with Crippen LogP contribution in [0.4, 0.5) is 21.8 Å². The number of hydrogen-bond donors (Lipinski definition) is 2. The molecule has 7 nitrogen and oxygen atoms in total. The molecule has 0 fully saturated rings. The molecule has 2 N–H and O–H groups in total. The summed E-state index contributed by atoms with van der Waals surface area (Å²) in [5, 5.41) is 13.7. The Morgan fingerprint density at radius 3 is 2.97 bits per heavy atom. The van der Waals surface area contributed by atoms with E-state index in [1.165, 1.54) is 18.2 Å². The number of ether oxygens (including phenoxy) is 1. The van der Waals surface area contributed by atoms with Crippen molar-refractivity contribution >= 4 is 41.2 Å². The lowest BCUT2D eigenvalue weighted by Crippen LogP contribution is -2.06. The number of hydrogen-bond acceptors (Lipinski definition) is 7. The van der Waals surface area contributed by atoms with Gasteiger partial charge in [0.2, 0.25) is 5.88 Å². The smallest absolute Gasteiger partial charge is 0.347 e. The minimum Gasteiger partial charge on any atom is -0.504 e. The van der Waals surface area contributed by atoms with Gasteiger partial charge in [-0.15, -0.1) is 0 Å². The van der Waals surface area contributed by atoms with Gasteiger partial charge in [-0.05, 0) is 55.8 Å². The zero-order chi connectivity index (χ0) is 21.3. The SMILES string of the molecule is CCOC(=O)c1c(Nc2ccc(F)cc2C)oc(C=C2C=Nc3ncccc32)c1O. The Hall–Kier alpha value is -3.94. The lowest BCUT2D eigenvalue weighted by Gasteiger charge is -2.08. The van der Waals surface area contributed by atoms with Crippen molar-refractivity contribution < 1.29 is 23.4 Å². The number of allylic oxidation sites excluding steroid dienone is 1. The second-order valence-corrected chi connectivity index (χ2v) is 6.56. The van der Waals surface area contributed by atoms with Gasteiger partial charge in [0.1, 0.15) is 5.82 Å². The van der Waals surface area contributed by atoms with Crippen LogP contribution < -0.4 is 5.32 Å². The number of pyridine rings is 1. The van der Waals surface area contributed by atoms with Crippen molar-refractivity contribution in [3.8, 4) is 5.75 Å². The first kappa shape index (κ1) is 19.4. The van der Waals surface area contributed by atoms with Gasteiger partial charge >= 0.3 is 5.97 Å². The number of aromatic hydroxyl groups is 1. The standard InChI is InChI=1S/C22H18FN3O4/c1-3-29-22(28)18-19(27)17(10-13-11-25-20-15(13)5-4-8-24-20)30-21(18)26-16-7-6-14(23)9-12(16)2/h4-11,26-27H,3H2,1-2H3. The number of esters is 1. The number of benzene rings is 1. The third kappa shape index (κ3) is 3.55. The Balaban J connectivity index is 1.78. The van der Waals surface area contributed by atoms with Gasteiger partial charge < -0.3 is 19.6 Å². The van der Waals surface area contributed by atoms with Crippen molar-refractivity contribution in [2.45, 2.75) is 13.8 Å². The molecule has 1 aromatic carbocycles. The molecule has 1 aliphatic heterocycles. The molecule has 0 amide bonds. The third-order valence-corrected chi connectivity index (χ3v) is 4.54. The summed E-state index contributed by atoms with van der Waals surface area (Å²) < 4.78 is 24.2. The van der Waals surface area contributed by atoms with E-state index in [0.29, 0.717) is 22.6 Å². The first-order chi connectivity index (χ1) is 14.5. The Morgan fingerprint density at radius 1 is 1.37 bits per heavy atom. The lowest BCUT2D eigenvalue weighted by molar-refractivity contribution is 0.0524. The van der Waals surface area contributed by atoms with E-state index in [9.17, 15) is 14.3 Å². The van der Waals surface area contributed by atoms with Crippen molar-refractivity contribution in [2.75, 3.05) is 11.9 Å². The minimum absolute atomic E-state index is 0.00569. The molecule has 1 aliphatic rings. The van der Waals surface area contributed by atoms with E-state index < -0.39 is 5.97 Å². The summed E-state index contributed by atoms with van der Waals surface area (Å²) in [7, 11) is 0. The summed E-state index contributed by atoms with van der Waals surface area (Å²) >= 11 is 0. The van der Waals surface area contributed by atoms with Gasteiger partial charge in [0.25, 0.3) is 0 Å². The fourth-order valence-corrected chi connectivity index (χ4v) is 3.09. The molecule has 4 rings (SSSR count). The molecule has 0 spiro atoms. The van der Waals surface area contributed by atoms with E-state index in [2.05, 4.69) is 15.3 Å². The Kier molecular flexibility index (Phi) is 5.05. The van der Waals surface area contributed by atoms with Crippen LogP contribution in [0.3, 0.4) is 0 Å². The number of aromatic nitrogens is 1. The van der Waals surface area contributed by atoms with Crippen LogP contribution in [0.15, 0.2) is 45.9 Å². The van der Waals surface area contributed by atoms with Crippen LogP contribution in [0.25, 0.3) is 11.6 Å². The lowest BCUT2D eigenvalue weighted by atomic mass is 10.1. The zero-order valence-corrected chi connectivity index (χ0v) is 16.3. The molecule has 2 aromatic heterocycles. The molecule has 0 radical (unpaired) electrons. The molecule has 152 valence electrons. The van der Waals surface area contributed by atoms with E-state index >= 15 is 0 Å². The van der Waals surface area contributed by atoms with Gasteiger partial charge in [-0.25, -0.2) is 19.2 Å². The van der Waals surface area contributed by atoms with Crippen LogP contribution in [0, 0.1) is 12.7 Å². The number of carbonyl (C=O) groups excluding carboxylic acids is 1. The summed E-state index contributed by atoms with van der Waals surface area (Å²) in [6.07, 6.45) is 4.80. The number of nitrogens with zero attached hydrogens (tertiary/aromatic N) is 2. The van der Waals surface area contributed by atoms with Crippen molar-refractivity contribution in [1.29, 1.82) is 0 Å². The average Bonchev–Trinajstić information content (AvgIpc) is 3.26. The van der Waals surface area contributed by atoms with Gasteiger partial charge in [0.05, 0.1) is 6.61 Å². The fraction of sp³-hybridized carbons (Fsp3) is 0.136. The number of halogens is 1. The van der Waals surface area contributed by atoms with E-state index in [0.717, 1.165) is 5.56 Å². The highest BCUT2D eigenvalue weighted by Crippen LogP contribution is 2.39. The summed E-state index contributed by atoms with van der Waals surface area (Å²) in [4.78, 5) is 20.9. The highest BCUT2D eigenvalue weighted by Gasteiger charge is 2.27. The molecular formula is C22H18FN3O4. The molecule has 8 heteroatoms. The van der Waals surface area contributed by atoms with Crippen molar-refractivity contribution in [3.63, 3.8) is 0 Å². The van der Waals surface area contributed by atoms with E-state index in [1.807, 2.05) is 6.07 Å². The fourth-order valence-electron chi connectivity index (χ4n) is 3.09. The second kappa shape index (κ2) is 7.82. The Labute approximate surface area is 171 Å². The summed E-state index contributed by atoms with van der Waals surface area (Å²) in [5.41, 5.74) is 2.42. The van der Waals surface area contributed by atoms with Crippen LogP contribution in [-0.2, 0) is 4.74 Å². The highest BCUT2D eigenvalue weighted by atomic mass is 19.1. The Morgan fingerprint density at radius 2 is 2.20 bits per heavy atom. The first-order valence-electron chi connectivity index (χ1n) is 9.25. The molecule has 0 unspecified atom stereocenters. The van der Waals surface area contributed by atoms with Crippen LogP contribution in [0.5, 0.6) is 5.75 Å². The number of aryl methyl sites for hydroxylation is 1. The molecule has 30 heavy (non-hydrogen) atoms. The highest BCUT2D eigenvalue weighted by molar-refractivity contribution is 6.21. The molecule has 0 bridgehead atoms. The number of nitrogens with one attached hydrogen (secondary N) is 1. The molecule has 0 aliphatic carbocycles. The molecule has 0 saturated heterocycles. The first-order valence-corrected chi connectivity index (χ1v) is 9.25. The number of fused-ring (bicyclic) bond motifs is 1. The summed E-state index contributed by atoms with van der Waals surface area (Å²) in [5.74, 6) is -0.890. The predicted molar refractivity (Wildman–Crippen MR) is 111 cm³/mol. The number of anilines is 2. The van der Waals surface area contributed by atoms with Gasteiger partial charge in [-0.2, -0.15) is 0 Å². The monoisotopic (exact) mass is 407 g/mol. The van der Waals surface area contributed by atoms with Crippen LogP contribution in [0.1, 0.15) is 34.2 Å². The van der Waals surface area contributed by atoms with Gasteiger partial charge in [-0.3, -0.25) is 0 Å². The van der Waals surface area contributed by atoms with E-state index in [1.54, 1.807) is 38.4 Å². The van der Waals surface area contributed by atoms with Gasteiger partial charge in [0.15, 0.2) is 22.9 Å². The maximum absolute atomic E-state index is 13.4. The van der Waals surface area contributed by atoms with Crippen LogP contribution >= 0.6 is 0 Å². The number of aliphatic imine (C=N–C) groups is 1. The van der Waals surface area contributed by atoms with Crippen molar-refractivity contribution in [3.05, 3.63) is 64.8 Å². The van der Waals surface area contributed by atoms with Crippen LogP contribution in [0.2, 0.25) is 0 Å². The molecule has 3 aromatic rings. The summed E-state index contributed by atoms with van der Waals surface area (Å²) in [6, 6.07) is 7.76. The number of rotatable bonds is 5. The average molecular weight is 407 g/mol. The van der Waals surface area contributed by atoms with Crippen molar-refractivity contribution in [2.24, 2.45) is 4.99 Å².